The van der Waals surface area contributed by atoms with Crippen LogP contribution in [0.2, 0.25) is 0 Å². The van der Waals surface area contributed by atoms with E-state index in [1.807, 2.05) is 7.05 Å². The maximum atomic E-state index is 12.5. The van der Waals surface area contributed by atoms with Crippen LogP contribution in [-0.4, -0.2) is 52.8 Å². The number of aromatic nitrogens is 3. The number of hydrogen-bond acceptors (Lipinski definition) is 4. The summed E-state index contributed by atoms with van der Waals surface area (Å²) in [5, 5.41) is 5.97. The Morgan fingerprint density at radius 2 is 2.09 bits per heavy atom. The summed E-state index contributed by atoms with van der Waals surface area (Å²) in [6.07, 6.45) is 0. The van der Waals surface area contributed by atoms with E-state index in [9.17, 15) is 9.59 Å². The molecule has 2 heterocycles. The lowest BCUT2D eigenvalue weighted by atomic mass is 10.1. The maximum absolute atomic E-state index is 12.5. The first kappa shape index (κ1) is 20.4. The molecular formula is C13H21Cl2N5O2. The average Bonchev–Trinajstić information content (AvgIpc) is 2.69. The number of aryl methyl sites for hydroxylation is 2. The molecule has 0 fully saturated rings. The number of likely N-dealkylation sites (N-methyl/N-ethyl adjacent to an activating group) is 2. The van der Waals surface area contributed by atoms with Crippen molar-refractivity contribution in [2.75, 3.05) is 27.2 Å². The molecule has 22 heavy (non-hydrogen) atoms. The zero-order valence-corrected chi connectivity index (χ0v) is 14.6. The van der Waals surface area contributed by atoms with Gasteiger partial charge in [0.05, 0.1) is 10.9 Å². The number of aromatic amines is 1. The summed E-state index contributed by atoms with van der Waals surface area (Å²) in [4.78, 5) is 30.4. The molecule has 0 radical (unpaired) electrons. The van der Waals surface area contributed by atoms with Gasteiger partial charge < -0.3 is 10.2 Å². The second-order valence-corrected chi connectivity index (χ2v) is 4.84. The van der Waals surface area contributed by atoms with E-state index in [1.54, 1.807) is 32.0 Å². The molecule has 1 amide bonds. The van der Waals surface area contributed by atoms with Gasteiger partial charge >= 0.3 is 0 Å². The van der Waals surface area contributed by atoms with Crippen molar-refractivity contribution >= 4 is 41.8 Å². The van der Waals surface area contributed by atoms with Crippen LogP contribution in [0.5, 0.6) is 0 Å². The van der Waals surface area contributed by atoms with Crippen molar-refractivity contribution < 1.29 is 4.79 Å². The van der Waals surface area contributed by atoms with Gasteiger partial charge in [0.25, 0.3) is 11.5 Å². The van der Waals surface area contributed by atoms with Gasteiger partial charge in [0.2, 0.25) is 0 Å². The Labute approximate surface area is 140 Å². The van der Waals surface area contributed by atoms with Gasteiger partial charge in [0.1, 0.15) is 0 Å². The minimum atomic E-state index is -0.291. The number of hydrogen-bond donors (Lipinski definition) is 2. The van der Waals surface area contributed by atoms with Crippen LogP contribution in [0.3, 0.4) is 0 Å². The van der Waals surface area contributed by atoms with Crippen LogP contribution in [0.4, 0.5) is 0 Å². The lowest BCUT2D eigenvalue weighted by Gasteiger charge is -2.17. The van der Waals surface area contributed by atoms with E-state index >= 15 is 0 Å². The van der Waals surface area contributed by atoms with Gasteiger partial charge in [-0.05, 0) is 20.0 Å². The van der Waals surface area contributed by atoms with Crippen LogP contribution >= 0.6 is 24.8 Å². The number of fused-ring (bicyclic) bond motifs is 1. The summed E-state index contributed by atoms with van der Waals surface area (Å²) < 4.78 is 1.54. The predicted molar refractivity (Wildman–Crippen MR) is 91.5 cm³/mol. The van der Waals surface area contributed by atoms with Crippen molar-refractivity contribution in [1.29, 1.82) is 0 Å². The SMILES string of the molecule is CNCCN(C)C(=O)c1cc(C)nc2c1c(=O)[nH]n2C.Cl.Cl. The maximum Gasteiger partial charge on any atom is 0.274 e. The first-order valence-corrected chi connectivity index (χ1v) is 6.42. The molecule has 0 bridgehead atoms. The van der Waals surface area contributed by atoms with E-state index in [1.165, 1.54) is 4.68 Å². The van der Waals surface area contributed by atoms with Crippen LogP contribution < -0.4 is 10.9 Å². The summed E-state index contributed by atoms with van der Waals surface area (Å²) >= 11 is 0. The van der Waals surface area contributed by atoms with Gasteiger partial charge in [-0.1, -0.05) is 0 Å². The lowest BCUT2D eigenvalue weighted by molar-refractivity contribution is 0.0798. The molecule has 0 saturated heterocycles. The van der Waals surface area contributed by atoms with Crippen molar-refractivity contribution in [2.24, 2.45) is 7.05 Å². The summed E-state index contributed by atoms with van der Waals surface area (Å²) in [6.45, 7) is 3.07. The summed E-state index contributed by atoms with van der Waals surface area (Å²) in [6, 6.07) is 1.66. The average molecular weight is 350 g/mol. The highest BCUT2D eigenvalue weighted by molar-refractivity contribution is 6.05. The molecule has 0 spiro atoms. The highest BCUT2D eigenvalue weighted by atomic mass is 35.5. The molecule has 7 nitrogen and oxygen atoms in total. The Morgan fingerprint density at radius 3 is 2.68 bits per heavy atom. The third-order valence-electron chi connectivity index (χ3n) is 3.22. The molecule has 2 aromatic heterocycles. The lowest BCUT2D eigenvalue weighted by Crippen LogP contribution is -2.33. The smallest absolute Gasteiger partial charge is 0.274 e. The molecule has 2 aromatic rings. The van der Waals surface area contributed by atoms with Crippen LogP contribution in [-0.2, 0) is 7.05 Å². The first-order valence-electron chi connectivity index (χ1n) is 6.42. The molecule has 0 aliphatic heterocycles. The molecule has 2 N–H and O–H groups in total. The van der Waals surface area contributed by atoms with E-state index in [-0.39, 0.29) is 36.3 Å². The fourth-order valence-electron chi connectivity index (χ4n) is 2.14. The Bertz CT molecular complexity index is 710. The Hall–Kier alpha value is -1.57. The van der Waals surface area contributed by atoms with E-state index < -0.39 is 0 Å². The first-order chi connectivity index (χ1) is 9.45. The Kier molecular flexibility index (Phi) is 7.58. The normalized spacial score (nSPS) is 10.0. The van der Waals surface area contributed by atoms with Crippen LogP contribution in [0, 0.1) is 6.92 Å². The number of carbonyl (C=O) groups is 1. The van der Waals surface area contributed by atoms with E-state index in [0.29, 0.717) is 35.4 Å². The van der Waals surface area contributed by atoms with Crippen LogP contribution in [0.25, 0.3) is 11.0 Å². The zero-order chi connectivity index (χ0) is 14.9. The summed E-state index contributed by atoms with van der Waals surface area (Å²) in [5.41, 5.74) is 1.31. The quantitative estimate of drug-likeness (QED) is 0.851. The molecule has 124 valence electrons. The Balaban J connectivity index is 0.00000220. The van der Waals surface area contributed by atoms with E-state index in [0.717, 1.165) is 0 Å². The van der Waals surface area contributed by atoms with Gasteiger partial charge in [-0.15, -0.1) is 24.8 Å². The third-order valence-corrected chi connectivity index (χ3v) is 3.22. The topological polar surface area (TPSA) is 83.0 Å². The number of nitrogens with zero attached hydrogens (tertiary/aromatic N) is 3. The van der Waals surface area contributed by atoms with Gasteiger partial charge in [0.15, 0.2) is 5.65 Å². The van der Waals surface area contributed by atoms with Gasteiger partial charge in [-0.3, -0.25) is 19.4 Å². The Morgan fingerprint density at radius 1 is 1.45 bits per heavy atom. The van der Waals surface area contributed by atoms with Gasteiger partial charge in [0, 0.05) is 32.9 Å². The minimum Gasteiger partial charge on any atom is -0.340 e. The van der Waals surface area contributed by atoms with Crippen molar-refractivity contribution in [3.63, 3.8) is 0 Å². The molecule has 9 heteroatoms. The van der Waals surface area contributed by atoms with Gasteiger partial charge in [-0.25, -0.2) is 4.98 Å². The zero-order valence-electron chi connectivity index (χ0n) is 13.0. The number of halogens is 2. The molecule has 0 unspecified atom stereocenters. The standard InChI is InChI=1S/C13H19N5O2.2ClH/c1-8-7-9(13(20)17(3)6-5-14-2)10-11(15-8)18(4)16-12(10)19;;/h7,14H,5-6H2,1-4H3,(H,16,19);2*1H. The molecule has 0 aliphatic carbocycles. The number of rotatable bonds is 4. The molecule has 0 aliphatic rings. The number of amides is 1. The second-order valence-electron chi connectivity index (χ2n) is 4.84. The van der Waals surface area contributed by atoms with Gasteiger partial charge in [-0.2, -0.15) is 0 Å². The predicted octanol–water partition coefficient (Wildman–Crippen LogP) is 0.705. The fraction of sp³-hybridized carbons (Fsp3) is 0.462. The molecule has 0 saturated carbocycles. The van der Waals surface area contributed by atoms with Crippen molar-refractivity contribution in [3.8, 4) is 0 Å². The minimum absolute atomic E-state index is 0. The van der Waals surface area contributed by atoms with Crippen molar-refractivity contribution in [2.45, 2.75) is 6.92 Å². The number of pyridine rings is 1. The summed E-state index contributed by atoms with van der Waals surface area (Å²) in [5.74, 6) is -0.174. The highest BCUT2D eigenvalue weighted by Crippen LogP contribution is 2.15. The van der Waals surface area contributed by atoms with Crippen LogP contribution in [0.1, 0.15) is 16.1 Å². The second kappa shape index (κ2) is 8.17. The van der Waals surface area contributed by atoms with Crippen molar-refractivity contribution in [1.82, 2.24) is 25.0 Å². The van der Waals surface area contributed by atoms with E-state index in [2.05, 4.69) is 15.4 Å². The van der Waals surface area contributed by atoms with Crippen molar-refractivity contribution in [3.05, 3.63) is 27.7 Å². The molecular weight excluding hydrogens is 329 g/mol. The number of carbonyl (C=O) groups excluding carboxylic acids is 1. The van der Waals surface area contributed by atoms with E-state index in [4.69, 9.17) is 0 Å². The number of H-pyrrole nitrogens is 1. The highest BCUT2D eigenvalue weighted by Gasteiger charge is 2.20. The molecule has 0 atom stereocenters. The monoisotopic (exact) mass is 349 g/mol. The third kappa shape index (κ3) is 3.79. The molecule has 2 rings (SSSR count). The fourth-order valence-corrected chi connectivity index (χ4v) is 2.14. The van der Waals surface area contributed by atoms with Crippen LogP contribution in [0.15, 0.2) is 10.9 Å². The molecule has 0 aromatic carbocycles. The number of nitrogens with one attached hydrogen (secondary N) is 2. The largest absolute Gasteiger partial charge is 0.340 e. The summed E-state index contributed by atoms with van der Waals surface area (Å²) in [7, 11) is 5.25.